The first-order chi connectivity index (χ1) is 35.0. The van der Waals surface area contributed by atoms with Gasteiger partial charge in [-0.05, 0) is 180 Å². The summed E-state index contributed by atoms with van der Waals surface area (Å²) < 4.78 is 0. The lowest BCUT2D eigenvalue weighted by molar-refractivity contribution is -0.123. The Bertz CT molecular complexity index is 2360. The number of piperidine rings is 3. The Kier molecular flexibility index (Phi) is 19.2. The van der Waals surface area contributed by atoms with Crippen molar-refractivity contribution in [1.29, 1.82) is 0 Å². The van der Waals surface area contributed by atoms with Crippen molar-refractivity contribution in [2.24, 2.45) is 11.8 Å². The Morgan fingerprint density at radius 3 is 1.49 bits per heavy atom. The second-order valence-corrected chi connectivity index (χ2v) is 23.6. The molecule has 6 aliphatic rings. The fourth-order valence-electron chi connectivity index (χ4n) is 13.6. The molecule has 0 saturated carbocycles. The monoisotopic (exact) mass is 1000 g/mol. The lowest BCUT2D eigenvalue weighted by atomic mass is 9.63. The quantitative estimate of drug-likeness (QED) is 0.0992. The van der Waals surface area contributed by atoms with E-state index in [1.807, 2.05) is 6.08 Å². The minimum absolute atomic E-state index is 0. The molecule has 0 bridgehead atoms. The van der Waals surface area contributed by atoms with Crippen LogP contribution in [0.1, 0.15) is 188 Å². The highest BCUT2D eigenvalue weighted by atomic mass is 16.2. The number of allylic oxidation sites excluding steroid dienone is 1. The second kappa shape index (κ2) is 25.1. The molecule has 4 N–H and O–H groups in total. The topological polar surface area (TPSA) is 126 Å². The molecule has 11 heteroatoms. The van der Waals surface area contributed by atoms with Crippen LogP contribution >= 0.6 is 0 Å². The summed E-state index contributed by atoms with van der Waals surface area (Å²) in [7, 11) is 0. The molecule has 3 aromatic rings. The van der Waals surface area contributed by atoms with Gasteiger partial charge in [0, 0.05) is 48.5 Å². The summed E-state index contributed by atoms with van der Waals surface area (Å²) in [5.41, 5.74) is 9.03. The number of hydrogen-bond donors (Lipinski definition) is 4. The van der Waals surface area contributed by atoms with Crippen LogP contribution in [0.4, 0.5) is 0 Å². The van der Waals surface area contributed by atoms with Crippen LogP contribution in [-0.2, 0) is 35.4 Å². The molecule has 3 aliphatic heterocycles. The summed E-state index contributed by atoms with van der Waals surface area (Å²) in [6.45, 7) is 28.8. The minimum Gasteiger partial charge on any atom is -0.355 e. The van der Waals surface area contributed by atoms with Gasteiger partial charge < -0.3 is 31.1 Å². The standard InChI is InChI=1S/C21H31N3O2.C21H30N2O.C20H30N2O.3H2/c1-15(2)13-22-20(26)14-24-10-8-21(9-11-24)12-19(23-16(3)25)17-6-4-5-7-18(17)21;1-3-4-7-14-23-15-12-21(13-16-23)11-10-20(22-17(2)24)18-8-5-6-9-19(18)21;1-14(2)15(3)22-11-9-20(10-12-22)13-19(21-16(4)23)17-7-5-6-8-18(17)20;;;/h4-7,15,19H,8-14H2,1-3H3,(H,22,26)(H,23,25);3,5-6,8-9,20H,1,4,7,10-16H2,2H3,(H,22,24);5-8,14-15,19H,9-13H2,1-4H3,(H,21,23);3*1H/t19-;20-;;;;/m00..../s1. The van der Waals surface area contributed by atoms with Gasteiger partial charge in [0.2, 0.25) is 23.6 Å². The van der Waals surface area contributed by atoms with Gasteiger partial charge in [-0.15, -0.1) is 6.58 Å². The predicted octanol–water partition coefficient (Wildman–Crippen LogP) is 10.7. The molecule has 3 fully saturated rings. The first kappa shape index (κ1) is 55.9. The van der Waals surface area contributed by atoms with Gasteiger partial charge >= 0.3 is 0 Å². The average Bonchev–Trinajstić information content (AvgIpc) is 3.83. The van der Waals surface area contributed by atoms with Gasteiger partial charge in [-0.1, -0.05) is 107 Å². The van der Waals surface area contributed by atoms with Crippen molar-refractivity contribution >= 4 is 23.6 Å². The number of carbonyl (C=O) groups is 4. The predicted molar refractivity (Wildman–Crippen MR) is 303 cm³/mol. The van der Waals surface area contributed by atoms with Gasteiger partial charge in [0.05, 0.1) is 24.7 Å². The fraction of sp³-hybridized carbons (Fsp3) is 0.613. The lowest BCUT2D eigenvalue weighted by Crippen LogP contribution is -2.47. The van der Waals surface area contributed by atoms with Gasteiger partial charge in [-0.3, -0.25) is 24.1 Å². The number of carbonyl (C=O) groups excluding carboxylic acids is 4. The molecule has 404 valence electrons. The maximum atomic E-state index is 12.1. The second-order valence-electron chi connectivity index (χ2n) is 23.6. The molecular formula is C62H97N7O4. The Morgan fingerprint density at radius 2 is 1.03 bits per heavy atom. The molecule has 0 radical (unpaired) electrons. The summed E-state index contributed by atoms with van der Waals surface area (Å²) in [6, 6.07) is 27.2. The minimum atomic E-state index is 0. The summed E-state index contributed by atoms with van der Waals surface area (Å²) in [6.07, 6.45) is 15.6. The highest BCUT2D eigenvalue weighted by Crippen LogP contribution is 2.53. The van der Waals surface area contributed by atoms with E-state index in [-0.39, 0.29) is 56.9 Å². The largest absolute Gasteiger partial charge is 0.355 e. The van der Waals surface area contributed by atoms with Gasteiger partial charge in [-0.2, -0.15) is 0 Å². The third-order valence-corrected chi connectivity index (χ3v) is 17.8. The maximum absolute atomic E-state index is 12.1. The first-order valence-corrected chi connectivity index (χ1v) is 28.1. The van der Waals surface area contributed by atoms with E-state index in [0.29, 0.717) is 29.8 Å². The number of rotatable bonds is 13. The van der Waals surface area contributed by atoms with E-state index in [0.717, 1.165) is 58.2 Å². The van der Waals surface area contributed by atoms with E-state index in [1.54, 1.807) is 20.8 Å². The van der Waals surface area contributed by atoms with Crippen molar-refractivity contribution < 1.29 is 23.5 Å². The molecule has 0 aromatic heterocycles. The van der Waals surface area contributed by atoms with E-state index < -0.39 is 0 Å². The molecular weight excluding hydrogens is 907 g/mol. The Hall–Kier alpha value is -4.84. The van der Waals surface area contributed by atoms with E-state index in [2.05, 4.69) is 150 Å². The molecule has 3 aliphatic carbocycles. The molecule has 3 spiro atoms. The van der Waals surface area contributed by atoms with Crippen LogP contribution in [0.15, 0.2) is 85.5 Å². The van der Waals surface area contributed by atoms with Gasteiger partial charge in [0.1, 0.15) is 0 Å². The highest BCUT2D eigenvalue weighted by molar-refractivity contribution is 5.78. The normalized spacial score (nSPS) is 23.0. The van der Waals surface area contributed by atoms with Gasteiger partial charge in [0.25, 0.3) is 0 Å². The van der Waals surface area contributed by atoms with Crippen LogP contribution in [0.5, 0.6) is 0 Å². The highest BCUT2D eigenvalue weighted by Gasteiger charge is 2.48. The zero-order valence-corrected chi connectivity index (χ0v) is 46.0. The third kappa shape index (κ3) is 13.7. The van der Waals surface area contributed by atoms with Gasteiger partial charge in [-0.25, -0.2) is 0 Å². The molecule has 9 rings (SSSR count). The SMILES string of the molecule is C=CCCCN1CCC2(CC[C@H](NC(C)=O)c3ccccc32)CC1.CC(=O)NC1CC2(CCN(C(C)C(C)C)CC2)c2ccccc21.CC(=O)N[C@H]1CC2(CCN(CC(=O)NCC(C)C)CC2)c2ccccc21.[HH].[HH].[HH]. The summed E-state index contributed by atoms with van der Waals surface area (Å²) >= 11 is 0. The summed E-state index contributed by atoms with van der Waals surface area (Å²) in [4.78, 5) is 54.3. The molecule has 3 saturated heterocycles. The Labute approximate surface area is 443 Å². The molecule has 4 atom stereocenters. The first-order valence-electron chi connectivity index (χ1n) is 28.1. The molecule has 3 heterocycles. The molecule has 73 heavy (non-hydrogen) atoms. The third-order valence-electron chi connectivity index (χ3n) is 17.8. The zero-order chi connectivity index (χ0) is 52.3. The van der Waals surface area contributed by atoms with E-state index in [1.165, 1.54) is 105 Å². The van der Waals surface area contributed by atoms with Crippen molar-refractivity contribution in [3.63, 3.8) is 0 Å². The number of unbranched alkanes of at least 4 members (excludes halogenated alkanes) is 1. The Balaban J connectivity index is 0.000000242. The smallest absolute Gasteiger partial charge is 0.234 e. The summed E-state index contributed by atoms with van der Waals surface area (Å²) in [5, 5.41) is 12.4. The number of hydrogen-bond acceptors (Lipinski definition) is 7. The van der Waals surface area contributed by atoms with Crippen LogP contribution < -0.4 is 21.3 Å². The molecule has 3 aromatic carbocycles. The Morgan fingerprint density at radius 1 is 0.603 bits per heavy atom. The fourth-order valence-corrected chi connectivity index (χ4v) is 13.6. The van der Waals surface area contributed by atoms with Crippen molar-refractivity contribution in [3.8, 4) is 0 Å². The lowest BCUT2D eigenvalue weighted by Gasteiger charge is -2.47. The molecule has 2 unspecified atom stereocenters. The molecule has 4 amide bonds. The average molecular weight is 1000 g/mol. The van der Waals surface area contributed by atoms with Crippen molar-refractivity contribution in [3.05, 3.63) is 119 Å². The van der Waals surface area contributed by atoms with Crippen LogP contribution in [0.3, 0.4) is 0 Å². The zero-order valence-electron chi connectivity index (χ0n) is 46.0. The van der Waals surface area contributed by atoms with Crippen molar-refractivity contribution in [2.75, 3.05) is 58.9 Å². The van der Waals surface area contributed by atoms with Crippen molar-refractivity contribution in [2.45, 2.75) is 173 Å². The number of nitrogens with zero attached hydrogens (tertiary/aromatic N) is 3. The number of benzene rings is 3. The van der Waals surface area contributed by atoms with Crippen LogP contribution in [-0.4, -0.2) is 103 Å². The summed E-state index contributed by atoms with van der Waals surface area (Å²) in [5.74, 6) is 1.48. The van der Waals surface area contributed by atoms with Crippen LogP contribution in [0, 0.1) is 11.8 Å². The number of fused-ring (bicyclic) bond motifs is 6. The van der Waals surface area contributed by atoms with E-state index >= 15 is 0 Å². The number of amides is 4. The van der Waals surface area contributed by atoms with Crippen LogP contribution in [0.2, 0.25) is 0 Å². The van der Waals surface area contributed by atoms with E-state index in [4.69, 9.17) is 0 Å². The number of likely N-dealkylation sites (tertiary alicyclic amines) is 3. The van der Waals surface area contributed by atoms with E-state index in [9.17, 15) is 19.2 Å². The van der Waals surface area contributed by atoms with Crippen LogP contribution in [0.25, 0.3) is 0 Å². The van der Waals surface area contributed by atoms with Crippen molar-refractivity contribution in [1.82, 2.24) is 36.0 Å². The maximum Gasteiger partial charge on any atom is 0.234 e. The molecule has 11 nitrogen and oxygen atoms in total. The van der Waals surface area contributed by atoms with Gasteiger partial charge in [0.15, 0.2) is 0 Å². The number of nitrogens with one attached hydrogen (secondary N) is 4.